The van der Waals surface area contributed by atoms with Crippen molar-refractivity contribution in [2.45, 2.75) is 22.8 Å². The van der Waals surface area contributed by atoms with Crippen LogP contribution in [0.4, 0.5) is 5.69 Å². The van der Waals surface area contributed by atoms with Crippen molar-refractivity contribution in [3.05, 3.63) is 42.5 Å². The van der Waals surface area contributed by atoms with Crippen molar-refractivity contribution in [3.8, 4) is 0 Å². The van der Waals surface area contributed by atoms with Crippen LogP contribution in [0.2, 0.25) is 0 Å². The zero-order valence-electron chi connectivity index (χ0n) is 16.4. The molecule has 0 unspecified atom stereocenters. The standard InChI is InChI=1S/C17H17N5O7S3/c1-10(22-32(27,28)14-7-3-6-13-16(14)21-30-20-13)17(24)29-9-15(23)19-11-4-2-5-12(8-11)31(18,25)26/h2-8,10,22H,9H2,1H3,(H,19,23)(H2,18,25,26)/t10-/m0/s1. The number of hydrogen-bond donors (Lipinski definition) is 3. The normalized spacial score (nSPS) is 12.9. The van der Waals surface area contributed by atoms with Gasteiger partial charge in [-0.05, 0) is 37.3 Å². The summed E-state index contributed by atoms with van der Waals surface area (Å²) in [7, 11) is -8.08. The van der Waals surface area contributed by atoms with E-state index in [1.165, 1.54) is 37.3 Å². The van der Waals surface area contributed by atoms with E-state index < -0.39 is 44.6 Å². The van der Waals surface area contributed by atoms with Crippen molar-refractivity contribution in [2.24, 2.45) is 5.14 Å². The molecule has 15 heteroatoms. The monoisotopic (exact) mass is 499 g/mol. The Balaban J connectivity index is 1.59. The topological polar surface area (TPSA) is 188 Å². The van der Waals surface area contributed by atoms with Gasteiger partial charge < -0.3 is 10.1 Å². The molecule has 0 aliphatic rings. The van der Waals surface area contributed by atoms with E-state index in [2.05, 4.69) is 18.8 Å². The maximum absolute atomic E-state index is 12.6. The van der Waals surface area contributed by atoms with Crippen LogP contribution in [-0.2, 0) is 34.4 Å². The summed E-state index contributed by atoms with van der Waals surface area (Å²) in [5.74, 6) is -1.76. The van der Waals surface area contributed by atoms with Gasteiger partial charge in [-0.2, -0.15) is 13.5 Å². The molecule has 0 aliphatic heterocycles. The van der Waals surface area contributed by atoms with E-state index >= 15 is 0 Å². The highest BCUT2D eigenvalue weighted by molar-refractivity contribution is 7.89. The summed E-state index contributed by atoms with van der Waals surface area (Å²) in [6.07, 6.45) is 0. The maximum Gasteiger partial charge on any atom is 0.324 e. The van der Waals surface area contributed by atoms with Crippen LogP contribution in [0.1, 0.15) is 6.92 Å². The number of primary sulfonamides is 1. The summed E-state index contributed by atoms with van der Waals surface area (Å²) in [6.45, 7) is 0.531. The number of nitrogens with two attached hydrogens (primary N) is 1. The SMILES string of the molecule is C[C@H](NS(=O)(=O)c1cccc2nsnc12)C(=O)OCC(=O)Nc1cccc(S(N)(=O)=O)c1. The second kappa shape index (κ2) is 9.25. The smallest absolute Gasteiger partial charge is 0.324 e. The molecule has 0 saturated heterocycles. The van der Waals surface area contributed by atoms with Crippen LogP contribution in [0.15, 0.2) is 52.3 Å². The summed E-state index contributed by atoms with van der Waals surface area (Å²) in [5.41, 5.74) is 0.694. The number of amides is 1. The number of ether oxygens (including phenoxy) is 1. The molecule has 4 N–H and O–H groups in total. The largest absolute Gasteiger partial charge is 0.454 e. The molecule has 3 rings (SSSR count). The van der Waals surface area contributed by atoms with E-state index in [0.717, 1.165) is 17.8 Å². The summed E-state index contributed by atoms with van der Waals surface area (Å²) in [6, 6.07) is 8.30. The second-order valence-corrected chi connectivity index (χ2v) is 10.2. The Morgan fingerprint density at radius 1 is 1.12 bits per heavy atom. The number of nitrogens with zero attached hydrogens (tertiary/aromatic N) is 2. The molecular weight excluding hydrogens is 482 g/mol. The lowest BCUT2D eigenvalue weighted by Gasteiger charge is -2.14. The first-order chi connectivity index (χ1) is 15.0. The summed E-state index contributed by atoms with van der Waals surface area (Å²) in [5, 5.41) is 7.38. The van der Waals surface area contributed by atoms with Gasteiger partial charge in [0, 0.05) is 5.69 Å². The molecule has 0 radical (unpaired) electrons. The number of sulfonamides is 2. The highest BCUT2D eigenvalue weighted by Gasteiger charge is 2.26. The second-order valence-electron chi connectivity index (χ2n) is 6.46. The van der Waals surface area contributed by atoms with Gasteiger partial charge in [-0.1, -0.05) is 12.1 Å². The molecule has 0 spiro atoms. The first-order valence-electron chi connectivity index (χ1n) is 8.80. The average molecular weight is 500 g/mol. The minimum Gasteiger partial charge on any atom is -0.454 e. The Bertz CT molecular complexity index is 1390. The van der Waals surface area contributed by atoms with Crippen LogP contribution in [0.25, 0.3) is 11.0 Å². The molecule has 1 amide bonds. The third-order valence-electron chi connectivity index (χ3n) is 4.02. The predicted octanol–water partition coefficient (Wildman–Crippen LogP) is 0.187. The number of rotatable bonds is 8. The van der Waals surface area contributed by atoms with E-state index in [1.807, 2.05) is 0 Å². The quantitative estimate of drug-likeness (QED) is 0.363. The molecule has 0 saturated carbocycles. The van der Waals surface area contributed by atoms with Gasteiger partial charge in [0.25, 0.3) is 5.91 Å². The van der Waals surface area contributed by atoms with Crippen molar-refractivity contribution < 1.29 is 31.2 Å². The fourth-order valence-corrected chi connectivity index (χ4v) is 5.07. The number of benzene rings is 2. The number of nitrogens with one attached hydrogen (secondary N) is 2. The van der Waals surface area contributed by atoms with Crippen LogP contribution >= 0.6 is 11.7 Å². The van der Waals surface area contributed by atoms with Crippen LogP contribution in [0, 0.1) is 0 Å². The number of hydrogen-bond acceptors (Lipinski definition) is 10. The van der Waals surface area contributed by atoms with Gasteiger partial charge >= 0.3 is 5.97 Å². The summed E-state index contributed by atoms with van der Waals surface area (Å²) < 4.78 is 62.9. The minimum absolute atomic E-state index is 0.122. The van der Waals surface area contributed by atoms with Crippen molar-refractivity contribution >= 4 is 60.4 Å². The Hall–Kier alpha value is -2.98. The Morgan fingerprint density at radius 2 is 1.84 bits per heavy atom. The van der Waals surface area contributed by atoms with E-state index in [4.69, 9.17) is 9.88 Å². The number of fused-ring (bicyclic) bond motifs is 1. The van der Waals surface area contributed by atoms with Gasteiger partial charge in [0.2, 0.25) is 20.0 Å². The van der Waals surface area contributed by atoms with E-state index in [9.17, 15) is 26.4 Å². The van der Waals surface area contributed by atoms with E-state index in [0.29, 0.717) is 5.52 Å². The molecule has 1 heterocycles. The Kier molecular flexibility index (Phi) is 6.85. The van der Waals surface area contributed by atoms with Crippen LogP contribution in [-0.4, -0.2) is 50.1 Å². The average Bonchev–Trinajstić information content (AvgIpc) is 3.20. The zero-order valence-corrected chi connectivity index (χ0v) is 18.8. The number of esters is 1. The van der Waals surface area contributed by atoms with Gasteiger partial charge in [0.15, 0.2) is 6.61 Å². The van der Waals surface area contributed by atoms with Crippen molar-refractivity contribution in [1.82, 2.24) is 13.5 Å². The number of aromatic nitrogens is 2. The molecular formula is C17H17N5O7S3. The number of carbonyl (C=O) groups is 2. The molecule has 170 valence electrons. The first kappa shape index (κ1) is 23.7. The van der Waals surface area contributed by atoms with Gasteiger partial charge in [0.1, 0.15) is 22.0 Å². The first-order valence-corrected chi connectivity index (χ1v) is 12.6. The molecule has 32 heavy (non-hydrogen) atoms. The minimum atomic E-state index is -4.12. The molecule has 3 aromatic rings. The van der Waals surface area contributed by atoms with Crippen LogP contribution in [0.5, 0.6) is 0 Å². The third-order valence-corrected chi connectivity index (χ3v) is 7.04. The number of carbonyl (C=O) groups excluding carboxylic acids is 2. The molecule has 1 atom stereocenters. The highest BCUT2D eigenvalue weighted by atomic mass is 32.2. The lowest BCUT2D eigenvalue weighted by Crippen LogP contribution is -2.40. The Labute approximate surface area is 187 Å². The van der Waals surface area contributed by atoms with Crippen LogP contribution in [0.3, 0.4) is 0 Å². The number of anilines is 1. The van der Waals surface area contributed by atoms with Gasteiger partial charge in [-0.25, -0.2) is 22.0 Å². The summed E-state index contributed by atoms with van der Waals surface area (Å²) in [4.78, 5) is 23.8. The van der Waals surface area contributed by atoms with Crippen molar-refractivity contribution in [1.29, 1.82) is 0 Å². The highest BCUT2D eigenvalue weighted by Crippen LogP contribution is 2.21. The molecule has 12 nitrogen and oxygen atoms in total. The van der Waals surface area contributed by atoms with Crippen molar-refractivity contribution in [2.75, 3.05) is 11.9 Å². The van der Waals surface area contributed by atoms with Crippen molar-refractivity contribution in [3.63, 3.8) is 0 Å². The van der Waals surface area contributed by atoms with Gasteiger partial charge in [-0.15, -0.1) is 0 Å². The lowest BCUT2D eigenvalue weighted by atomic mass is 10.3. The lowest BCUT2D eigenvalue weighted by molar-refractivity contribution is -0.148. The van der Waals surface area contributed by atoms with E-state index in [1.54, 1.807) is 6.07 Å². The van der Waals surface area contributed by atoms with E-state index in [-0.39, 0.29) is 21.0 Å². The zero-order chi connectivity index (χ0) is 23.5. The van der Waals surface area contributed by atoms with Gasteiger partial charge in [-0.3, -0.25) is 9.59 Å². The molecule has 1 aromatic heterocycles. The third kappa shape index (κ3) is 5.63. The molecule has 0 bridgehead atoms. The van der Waals surface area contributed by atoms with Crippen LogP contribution < -0.4 is 15.2 Å². The fourth-order valence-electron chi connectivity index (χ4n) is 2.55. The predicted molar refractivity (Wildman–Crippen MR) is 115 cm³/mol. The molecule has 0 aliphatic carbocycles. The molecule has 0 fully saturated rings. The molecule has 2 aromatic carbocycles. The van der Waals surface area contributed by atoms with Gasteiger partial charge in [0.05, 0.1) is 16.6 Å². The Morgan fingerprint density at radius 3 is 2.56 bits per heavy atom. The maximum atomic E-state index is 12.6. The summed E-state index contributed by atoms with van der Waals surface area (Å²) >= 11 is 0.854. The fraction of sp³-hybridized carbons (Fsp3) is 0.176.